The molecule has 7 heteroatoms. The highest BCUT2D eigenvalue weighted by Crippen LogP contribution is 2.15. The number of esters is 1. The van der Waals surface area contributed by atoms with Crippen LogP contribution in [0.5, 0.6) is 0 Å². The number of benzene rings is 1. The van der Waals surface area contributed by atoms with Gasteiger partial charge in [-0.25, -0.2) is 4.79 Å². The number of rotatable bonds is 5. The summed E-state index contributed by atoms with van der Waals surface area (Å²) in [5.74, 6) is -2.65. The van der Waals surface area contributed by atoms with Gasteiger partial charge in [0.25, 0.3) is 5.91 Å². The van der Waals surface area contributed by atoms with Gasteiger partial charge in [0.05, 0.1) is 13.5 Å². The lowest BCUT2D eigenvalue weighted by Crippen LogP contribution is -2.42. The fourth-order valence-corrected chi connectivity index (χ4v) is 1.70. The molecule has 0 heterocycles. The van der Waals surface area contributed by atoms with Crippen LogP contribution in [0.1, 0.15) is 22.3 Å². The molecule has 1 amide bonds. The second-order valence-electron chi connectivity index (χ2n) is 4.10. The van der Waals surface area contributed by atoms with E-state index in [0.29, 0.717) is 10.6 Å². The second kappa shape index (κ2) is 6.91. The van der Waals surface area contributed by atoms with Gasteiger partial charge in [-0.05, 0) is 24.6 Å². The SMILES string of the molecule is COC(=O)C[C@H](NC(=O)c1cc(Cl)ccc1C)C(=O)O. The van der Waals surface area contributed by atoms with Gasteiger partial charge in [-0.1, -0.05) is 17.7 Å². The third-order valence-corrected chi connectivity index (χ3v) is 2.88. The number of carboxylic acid groups (broad SMARTS) is 1. The van der Waals surface area contributed by atoms with Crippen molar-refractivity contribution in [2.45, 2.75) is 19.4 Å². The predicted octanol–water partition coefficient (Wildman–Crippen LogP) is 1.39. The minimum atomic E-state index is -1.35. The van der Waals surface area contributed by atoms with Crippen LogP contribution in [0.15, 0.2) is 18.2 Å². The molecule has 1 atom stereocenters. The number of amides is 1. The summed E-state index contributed by atoms with van der Waals surface area (Å²) in [4.78, 5) is 34.1. The smallest absolute Gasteiger partial charge is 0.326 e. The van der Waals surface area contributed by atoms with E-state index in [4.69, 9.17) is 16.7 Å². The normalized spacial score (nSPS) is 11.6. The van der Waals surface area contributed by atoms with Crippen LogP contribution in [-0.2, 0) is 14.3 Å². The number of nitrogens with one attached hydrogen (secondary N) is 1. The Hall–Kier alpha value is -2.08. The molecule has 0 fully saturated rings. The Morgan fingerprint density at radius 1 is 1.40 bits per heavy atom. The number of carbonyl (C=O) groups excluding carboxylic acids is 2. The van der Waals surface area contributed by atoms with Crippen molar-refractivity contribution in [2.75, 3.05) is 7.11 Å². The lowest BCUT2D eigenvalue weighted by atomic mass is 10.1. The van der Waals surface area contributed by atoms with Crippen molar-refractivity contribution in [2.24, 2.45) is 0 Å². The maximum Gasteiger partial charge on any atom is 0.326 e. The molecule has 0 radical (unpaired) electrons. The van der Waals surface area contributed by atoms with Crippen LogP contribution < -0.4 is 5.32 Å². The molecule has 0 spiro atoms. The lowest BCUT2D eigenvalue weighted by molar-refractivity contribution is -0.147. The maximum absolute atomic E-state index is 12.0. The topological polar surface area (TPSA) is 92.7 Å². The van der Waals surface area contributed by atoms with Gasteiger partial charge in [0, 0.05) is 10.6 Å². The number of hydrogen-bond acceptors (Lipinski definition) is 4. The lowest BCUT2D eigenvalue weighted by Gasteiger charge is -2.14. The highest BCUT2D eigenvalue weighted by atomic mass is 35.5. The summed E-state index contributed by atoms with van der Waals surface area (Å²) >= 11 is 5.80. The van der Waals surface area contributed by atoms with Gasteiger partial charge < -0.3 is 15.2 Å². The van der Waals surface area contributed by atoms with Crippen LogP contribution in [0.4, 0.5) is 0 Å². The van der Waals surface area contributed by atoms with E-state index in [9.17, 15) is 14.4 Å². The minimum Gasteiger partial charge on any atom is -0.480 e. The number of carbonyl (C=O) groups is 3. The average Bonchev–Trinajstić information content (AvgIpc) is 2.40. The molecule has 1 aromatic rings. The zero-order valence-electron chi connectivity index (χ0n) is 11.0. The molecule has 108 valence electrons. The number of halogens is 1. The summed E-state index contributed by atoms with van der Waals surface area (Å²) in [6.45, 7) is 1.70. The van der Waals surface area contributed by atoms with E-state index in [1.165, 1.54) is 6.07 Å². The van der Waals surface area contributed by atoms with E-state index in [-0.39, 0.29) is 5.56 Å². The van der Waals surface area contributed by atoms with Gasteiger partial charge in [-0.3, -0.25) is 9.59 Å². The van der Waals surface area contributed by atoms with Crippen molar-refractivity contribution in [1.82, 2.24) is 5.32 Å². The van der Waals surface area contributed by atoms with E-state index >= 15 is 0 Å². The summed E-state index contributed by atoms with van der Waals surface area (Å²) in [6, 6.07) is 3.35. The Balaban J connectivity index is 2.88. The van der Waals surface area contributed by atoms with E-state index in [0.717, 1.165) is 7.11 Å². The van der Waals surface area contributed by atoms with Crippen LogP contribution in [0.25, 0.3) is 0 Å². The number of aliphatic carboxylic acids is 1. The van der Waals surface area contributed by atoms with Gasteiger partial charge in [0.2, 0.25) is 0 Å². The summed E-state index contributed by atoms with van der Waals surface area (Å²) in [7, 11) is 1.14. The number of carboxylic acids is 1. The second-order valence-corrected chi connectivity index (χ2v) is 4.54. The summed E-state index contributed by atoms with van der Waals surface area (Å²) in [6.07, 6.45) is -0.447. The van der Waals surface area contributed by atoms with Gasteiger partial charge in [-0.15, -0.1) is 0 Å². The molecule has 0 aromatic heterocycles. The Bertz CT molecular complexity index is 544. The largest absolute Gasteiger partial charge is 0.480 e. The van der Waals surface area contributed by atoms with E-state index in [2.05, 4.69) is 10.1 Å². The summed E-state index contributed by atoms with van der Waals surface area (Å²) in [5.41, 5.74) is 0.905. The van der Waals surface area contributed by atoms with Crippen LogP contribution >= 0.6 is 11.6 Å². The third-order valence-electron chi connectivity index (χ3n) is 2.65. The molecule has 0 aliphatic rings. The molecule has 0 bridgehead atoms. The van der Waals surface area contributed by atoms with Crippen LogP contribution in [0.3, 0.4) is 0 Å². The molecular weight excluding hydrogens is 286 g/mol. The van der Waals surface area contributed by atoms with Crippen LogP contribution in [0.2, 0.25) is 5.02 Å². The highest BCUT2D eigenvalue weighted by Gasteiger charge is 2.24. The highest BCUT2D eigenvalue weighted by molar-refractivity contribution is 6.31. The Morgan fingerprint density at radius 3 is 2.60 bits per heavy atom. The first kappa shape index (κ1) is 16.0. The van der Waals surface area contributed by atoms with Crippen molar-refractivity contribution >= 4 is 29.4 Å². The average molecular weight is 300 g/mol. The molecule has 0 saturated carbocycles. The first-order valence-electron chi connectivity index (χ1n) is 5.71. The fourth-order valence-electron chi connectivity index (χ4n) is 1.52. The van der Waals surface area contributed by atoms with Crippen LogP contribution in [0, 0.1) is 6.92 Å². The molecule has 0 aliphatic carbocycles. The first-order valence-corrected chi connectivity index (χ1v) is 6.09. The third kappa shape index (κ3) is 4.24. The first-order chi connectivity index (χ1) is 9.35. The Morgan fingerprint density at radius 2 is 2.05 bits per heavy atom. The monoisotopic (exact) mass is 299 g/mol. The van der Waals surface area contributed by atoms with E-state index < -0.39 is 30.3 Å². The van der Waals surface area contributed by atoms with E-state index in [1.807, 2.05) is 0 Å². The Labute approximate surface area is 120 Å². The van der Waals surface area contributed by atoms with Crippen molar-refractivity contribution in [3.05, 3.63) is 34.3 Å². The van der Waals surface area contributed by atoms with Crippen molar-refractivity contribution in [3.63, 3.8) is 0 Å². The van der Waals surface area contributed by atoms with Crippen molar-refractivity contribution < 1.29 is 24.2 Å². The number of ether oxygens (including phenoxy) is 1. The molecule has 20 heavy (non-hydrogen) atoms. The molecule has 2 N–H and O–H groups in total. The summed E-state index contributed by atoms with van der Waals surface area (Å²) in [5, 5.41) is 11.6. The number of methoxy groups -OCH3 is 1. The molecule has 0 unspecified atom stereocenters. The van der Waals surface area contributed by atoms with E-state index in [1.54, 1.807) is 19.1 Å². The predicted molar refractivity (Wildman–Crippen MR) is 71.7 cm³/mol. The van der Waals surface area contributed by atoms with Gasteiger partial charge >= 0.3 is 11.9 Å². The molecule has 0 saturated heterocycles. The molecule has 0 aliphatic heterocycles. The fraction of sp³-hybridized carbons (Fsp3) is 0.308. The number of hydrogen-bond donors (Lipinski definition) is 2. The molecule has 6 nitrogen and oxygen atoms in total. The molecule has 1 rings (SSSR count). The van der Waals surface area contributed by atoms with Gasteiger partial charge in [0.1, 0.15) is 6.04 Å². The Kier molecular flexibility index (Phi) is 5.52. The molecular formula is C13H14ClNO5. The zero-order chi connectivity index (χ0) is 15.3. The number of aryl methyl sites for hydroxylation is 1. The zero-order valence-corrected chi connectivity index (χ0v) is 11.7. The standard InChI is InChI=1S/C13H14ClNO5/c1-7-3-4-8(14)5-9(7)12(17)15-10(13(18)19)6-11(16)20-2/h3-5,10H,6H2,1-2H3,(H,15,17)(H,18,19)/t10-/m0/s1. The quantitative estimate of drug-likeness (QED) is 0.802. The minimum absolute atomic E-state index is 0.258. The van der Waals surface area contributed by atoms with Crippen LogP contribution in [-0.4, -0.2) is 36.1 Å². The van der Waals surface area contributed by atoms with Crippen molar-refractivity contribution in [3.8, 4) is 0 Å². The van der Waals surface area contributed by atoms with Gasteiger partial charge in [-0.2, -0.15) is 0 Å². The van der Waals surface area contributed by atoms with Gasteiger partial charge in [0.15, 0.2) is 0 Å². The van der Waals surface area contributed by atoms with Crippen molar-refractivity contribution in [1.29, 1.82) is 0 Å². The molecule has 1 aromatic carbocycles. The maximum atomic E-state index is 12.0. The summed E-state index contributed by atoms with van der Waals surface area (Å²) < 4.78 is 4.39.